The molecule has 1 aromatic carbocycles. The van der Waals surface area contributed by atoms with Gasteiger partial charge in [0.05, 0.1) is 6.61 Å². The molecule has 0 radical (unpaired) electrons. The summed E-state index contributed by atoms with van der Waals surface area (Å²) in [6.45, 7) is 2.31. The maximum atomic E-state index is 11.4. The average molecular weight is 326 g/mol. The van der Waals surface area contributed by atoms with Crippen LogP contribution in [0.25, 0.3) is 0 Å². The van der Waals surface area contributed by atoms with Gasteiger partial charge in [-0.3, -0.25) is 0 Å². The fourth-order valence-electron chi connectivity index (χ4n) is 1.38. The van der Waals surface area contributed by atoms with E-state index in [1.165, 1.54) is 6.26 Å². The third-order valence-electron chi connectivity index (χ3n) is 2.28. The predicted octanol–water partition coefficient (Wildman–Crippen LogP) is 3.19. The normalized spacial score (nSPS) is 10.2. The van der Waals surface area contributed by atoms with Crippen molar-refractivity contribution in [3.05, 3.63) is 46.3 Å². The Morgan fingerprint density at radius 2 is 2.21 bits per heavy atom. The Morgan fingerprint density at radius 1 is 1.42 bits per heavy atom. The Balaban J connectivity index is 1.97. The number of esters is 1. The molecule has 0 unspecified atom stereocenters. The van der Waals surface area contributed by atoms with E-state index in [4.69, 9.17) is 13.9 Å². The number of oxazole rings is 1. The van der Waals surface area contributed by atoms with Crippen LogP contribution in [0, 0.1) is 0 Å². The summed E-state index contributed by atoms with van der Waals surface area (Å²) in [6.07, 6.45) is 1.26. The van der Waals surface area contributed by atoms with Gasteiger partial charge in [0.1, 0.15) is 12.9 Å². The Bertz CT molecular complexity index is 567. The first-order valence-electron chi connectivity index (χ1n) is 5.69. The Morgan fingerprint density at radius 3 is 2.95 bits per heavy atom. The van der Waals surface area contributed by atoms with Crippen molar-refractivity contribution in [3.8, 4) is 6.08 Å². The first kappa shape index (κ1) is 13.6. The predicted molar refractivity (Wildman–Crippen MR) is 70.9 cm³/mol. The highest BCUT2D eigenvalue weighted by molar-refractivity contribution is 9.10. The van der Waals surface area contributed by atoms with Crippen molar-refractivity contribution in [2.24, 2.45) is 0 Å². The molecule has 100 valence electrons. The zero-order valence-corrected chi connectivity index (χ0v) is 11.8. The highest BCUT2D eigenvalue weighted by Gasteiger charge is 2.14. The first-order valence-corrected chi connectivity index (χ1v) is 6.49. The number of hydrogen-bond acceptors (Lipinski definition) is 5. The van der Waals surface area contributed by atoms with Crippen LogP contribution in [0.5, 0.6) is 6.08 Å². The lowest BCUT2D eigenvalue weighted by Crippen LogP contribution is -2.05. The molecule has 19 heavy (non-hydrogen) atoms. The molecule has 0 spiro atoms. The number of carbonyl (C=O) groups is 1. The van der Waals surface area contributed by atoms with E-state index in [0.29, 0.717) is 13.2 Å². The van der Waals surface area contributed by atoms with E-state index in [2.05, 4.69) is 20.9 Å². The summed E-state index contributed by atoms with van der Waals surface area (Å²) in [5, 5.41) is 0. The smallest absolute Gasteiger partial charge is 0.394 e. The summed E-state index contributed by atoms with van der Waals surface area (Å²) in [4.78, 5) is 15.3. The monoisotopic (exact) mass is 325 g/mol. The second kappa shape index (κ2) is 6.38. The summed E-state index contributed by atoms with van der Waals surface area (Å²) >= 11 is 3.41. The van der Waals surface area contributed by atoms with Gasteiger partial charge in [-0.05, 0) is 13.0 Å². The third-order valence-corrected chi connectivity index (χ3v) is 3.05. The molecule has 0 aliphatic rings. The van der Waals surface area contributed by atoms with Gasteiger partial charge in [-0.1, -0.05) is 34.1 Å². The number of rotatable bonds is 5. The van der Waals surface area contributed by atoms with Crippen LogP contribution in [0.15, 0.2) is 39.4 Å². The van der Waals surface area contributed by atoms with Crippen molar-refractivity contribution in [1.29, 1.82) is 0 Å². The summed E-state index contributed by atoms with van der Waals surface area (Å²) < 4.78 is 16.1. The van der Waals surface area contributed by atoms with Gasteiger partial charge in [0.15, 0.2) is 5.69 Å². The molecule has 0 bridgehead atoms. The van der Waals surface area contributed by atoms with Crippen molar-refractivity contribution in [2.45, 2.75) is 13.5 Å². The highest BCUT2D eigenvalue weighted by atomic mass is 79.9. The summed E-state index contributed by atoms with van der Waals surface area (Å²) in [7, 11) is 0. The van der Waals surface area contributed by atoms with Crippen LogP contribution in [-0.4, -0.2) is 17.6 Å². The number of benzene rings is 1. The largest absolute Gasteiger partial charge is 0.461 e. The maximum absolute atomic E-state index is 11.4. The van der Waals surface area contributed by atoms with Gasteiger partial charge in [-0.15, -0.1) is 0 Å². The van der Waals surface area contributed by atoms with E-state index in [-0.39, 0.29) is 11.8 Å². The molecule has 5 nitrogen and oxygen atoms in total. The molecule has 1 heterocycles. The minimum Gasteiger partial charge on any atom is -0.461 e. The molecule has 1 aromatic heterocycles. The highest BCUT2D eigenvalue weighted by Crippen LogP contribution is 2.18. The number of nitrogens with zero attached hydrogens (tertiary/aromatic N) is 1. The van der Waals surface area contributed by atoms with E-state index in [9.17, 15) is 4.79 Å². The van der Waals surface area contributed by atoms with Gasteiger partial charge < -0.3 is 13.9 Å². The number of hydrogen-bond donors (Lipinski definition) is 0. The molecule has 2 aromatic rings. The average Bonchev–Trinajstić information content (AvgIpc) is 2.87. The third kappa shape index (κ3) is 3.57. The summed E-state index contributed by atoms with van der Waals surface area (Å²) in [5.41, 5.74) is 1.06. The van der Waals surface area contributed by atoms with E-state index in [1.54, 1.807) is 6.92 Å². The zero-order chi connectivity index (χ0) is 13.7. The molecule has 2 rings (SSSR count). The zero-order valence-electron chi connectivity index (χ0n) is 10.3. The van der Waals surface area contributed by atoms with Crippen molar-refractivity contribution in [3.63, 3.8) is 0 Å². The van der Waals surface area contributed by atoms with Crippen LogP contribution in [0.2, 0.25) is 0 Å². The Kier molecular flexibility index (Phi) is 4.57. The Labute approximate surface area is 118 Å². The number of ether oxygens (including phenoxy) is 2. The van der Waals surface area contributed by atoms with Crippen LogP contribution < -0.4 is 4.74 Å². The minimum absolute atomic E-state index is 0.0406. The molecule has 0 N–H and O–H groups in total. The lowest BCUT2D eigenvalue weighted by atomic mass is 10.2. The number of carbonyl (C=O) groups excluding carboxylic acids is 1. The van der Waals surface area contributed by atoms with E-state index in [0.717, 1.165) is 10.0 Å². The first-order chi connectivity index (χ1) is 9.20. The number of halogens is 1. The SMILES string of the molecule is CCOC(=O)c1coc(OCc2ccccc2Br)n1. The fraction of sp³-hybridized carbons (Fsp3) is 0.231. The van der Waals surface area contributed by atoms with Crippen molar-refractivity contribution in [1.82, 2.24) is 4.98 Å². The van der Waals surface area contributed by atoms with Crippen LogP contribution in [0.4, 0.5) is 0 Å². The maximum Gasteiger partial charge on any atom is 0.394 e. The van der Waals surface area contributed by atoms with Crippen LogP contribution in [-0.2, 0) is 11.3 Å². The van der Waals surface area contributed by atoms with Gasteiger partial charge in [-0.25, -0.2) is 4.79 Å². The topological polar surface area (TPSA) is 61.6 Å². The van der Waals surface area contributed by atoms with Crippen LogP contribution in [0.1, 0.15) is 23.0 Å². The standard InChI is InChI=1S/C13H12BrNO4/c1-2-17-12(16)11-8-19-13(15-11)18-7-9-5-3-4-6-10(9)14/h3-6,8H,2,7H2,1H3. The van der Waals surface area contributed by atoms with E-state index in [1.807, 2.05) is 24.3 Å². The van der Waals surface area contributed by atoms with E-state index < -0.39 is 5.97 Å². The molecular formula is C13H12BrNO4. The lowest BCUT2D eigenvalue weighted by molar-refractivity contribution is 0.0519. The minimum atomic E-state index is -0.526. The summed E-state index contributed by atoms with van der Waals surface area (Å²) in [5.74, 6) is -0.526. The van der Waals surface area contributed by atoms with Gasteiger partial charge in [0.25, 0.3) is 0 Å². The van der Waals surface area contributed by atoms with Gasteiger partial charge in [0.2, 0.25) is 0 Å². The lowest BCUT2D eigenvalue weighted by Gasteiger charge is -2.03. The summed E-state index contributed by atoms with van der Waals surface area (Å²) in [6, 6.07) is 7.65. The second-order valence-corrected chi connectivity index (χ2v) is 4.45. The molecule has 6 heteroatoms. The molecule has 0 amide bonds. The molecular weight excluding hydrogens is 314 g/mol. The molecule has 0 saturated carbocycles. The van der Waals surface area contributed by atoms with Crippen molar-refractivity contribution < 1.29 is 18.7 Å². The van der Waals surface area contributed by atoms with Gasteiger partial charge in [-0.2, -0.15) is 4.98 Å². The molecule has 0 saturated heterocycles. The fourth-order valence-corrected chi connectivity index (χ4v) is 1.78. The van der Waals surface area contributed by atoms with Gasteiger partial charge >= 0.3 is 12.0 Å². The van der Waals surface area contributed by atoms with E-state index >= 15 is 0 Å². The van der Waals surface area contributed by atoms with Crippen molar-refractivity contribution in [2.75, 3.05) is 6.61 Å². The van der Waals surface area contributed by atoms with Crippen LogP contribution >= 0.6 is 15.9 Å². The second-order valence-electron chi connectivity index (χ2n) is 3.60. The van der Waals surface area contributed by atoms with Crippen molar-refractivity contribution >= 4 is 21.9 Å². The molecule has 0 fully saturated rings. The molecule has 0 aliphatic heterocycles. The quantitative estimate of drug-likeness (QED) is 0.790. The molecule has 0 atom stereocenters. The number of aromatic nitrogens is 1. The Hall–Kier alpha value is -1.82. The van der Waals surface area contributed by atoms with Crippen LogP contribution in [0.3, 0.4) is 0 Å². The van der Waals surface area contributed by atoms with Gasteiger partial charge in [0, 0.05) is 10.0 Å². The molecule has 0 aliphatic carbocycles.